The van der Waals surface area contributed by atoms with E-state index in [9.17, 15) is 0 Å². The van der Waals surface area contributed by atoms with Crippen LogP contribution >= 0.6 is 0 Å². The van der Waals surface area contributed by atoms with Crippen molar-refractivity contribution in [2.24, 2.45) is 0 Å². The zero-order valence-electron chi connectivity index (χ0n) is 13.3. The number of nitrogens with one attached hydrogen (secondary N) is 1. The van der Waals surface area contributed by atoms with Gasteiger partial charge in [-0.15, -0.1) is 0 Å². The first-order valence-electron chi connectivity index (χ1n) is 7.24. The quantitative estimate of drug-likeness (QED) is 0.779. The first-order valence-corrected chi connectivity index (χ1v) is 7.24. The van der Waals surface area contributed by atoms with Crippen molar-refractivity contribution in [3.05, 3.63) is 53.7 Å². The van der Waals surface area contributed by atoms with E-state index < -0.39 is 0 Å². The van der Waals surface area contributed by atoms with Crippen molar-refractivity contribution in [3.8, 4) is 11.7 Å². The van der Waals surface area contributed by atoms with Crippen molar-refractivity contribution < 1.29 is 4.74 Å². The molecule has 0 bridgehead atoms. The molecule has 0 unspecified atom stereocenters. The molecule has 0 aromatic carbocycles. The third-order valence-electron chi connectivity index (χ3n) is 3.36. The summed E-state index contributed by atoms with van der Waals surface area (Å²) in [4.78, 5) is 12.7. The molecule has 0 spiro atoms. The van der Waals surface area contributed by atoms with Crippen LogP contribution in [-0.2, 0) is 6.54 Å². The van der Waals surface area contributed by atoms with Gasteiger partial charge in [-0.25, -0.2) is 19.6 Å². The number of ether oxygens (including phenoxy) is 1. The number of hydrogen-bond acceptors (Lipinski definition) is 6. The highest BCUT2D eigenvalue weighted by molar-refractivity contribution is 5.41. The smallest absolute Gasteiger partial charge is 0.212 e. The van der Waals surface area contributed by atoms with E-state index in [0.717, 1.165) is 28.6 Å². The van der Waals surface area contributed by atoms with Crippen LogP contribution in [0.4, 0.5) is 5.82 Å². The van der Waals surface area contributed by atoms with Gasteiger partial charge in [0.15, 0.2) is 5.82 Å². The van der Waals surface area contributed by atoms with Crippen molar-refractivity contribution in [3.63, 3.8) is 0 Å². The van der Waals surface area contributed by atoms with E-state index in [0.29, 0.717) is 12.4 Å². The Bertz CT molecular complexity index is 797. The summed E-state index contributed by atoms with van der Waals surface area (Å²) in [5.74, 6) is 2.07. The van der Waals surface area contributed by atoms with Gasteiger partial charge in [-0.2, -0.15) is 5.10 Å². The second-order valence-electron chi connectivity index (χ2n) is 5.16. The monoisotopic (exact) mass is 310 g/mol. The molecule has 7 heteroatoms. The van der Waals surface area contributed by atoms with Crippen molar-refractivity contribution in [2.45, 2.75) is 20.4 Å². The molecule has 0 atom stereocenters. The summed E-state index contributed by atoms with van der Waals surface area (Å²) in [5, 5.41) is 7.70. The zero-order valence-corrected chi connectivity index (χ0v) is 13.3. The predicted octanol–water partition coefficient (Wildman–Crippen LogP) is 2.29. The van der Waals surface area contributed by atoms with Gasteiger partial charge < -0.3 is 10.1 Å². The standard InChI is InChI=1S/C16H18N6O/c1-11-6-12(2)22(21-11)15-7-14(19-10-20-15)17-8-13-4-5-16(23-3)18-9-13/h4-7,9-10H,8H2,1-3H3,(H,17,19,20). The predicted molar refractivity (Wildman–Crippen MR) is 86.7 cm³/mol. The molecule has 3 rings (SSSR count). The number of nitrogens with zero attached hydrogens (tertiary/aromatic N) is 5. The minimum atomic E-state index is 0.600. The van der Waals surface area contributed by atoms with Crippen molar-refractivity contribution in [2.75, 3.05) is 12.4 Å². The highest BCUT2D eigenvalue weighted by Gasteiger charge is 2.06. The number of methoxy groups -OCH3 is 1. The maximum Gasteiger partial charge on any atom is 0.212 e. The van der Waals surface area contributed by atoms with Crippen LogP contribution in [0.3, 0.4) is 0 Å². The van der Waals surface area contributed by atoms with Gasteiger partial charge >= 0.3 is 0 Å². The number of aryl methyl sites for hydroxylation is 2. The molecule has 0 fully saturated rings. The lowest BCUT2D eigenvalue weighted by molar-refractivity contribution is 0.397. The molecule has 0 aliphatic carbocycles. The lowest BCUT2D eigenvalue weighted by atomic mass is 10.3. The molecule has 0 amide bonds. The fraction of sp³-hybridized carbons (Fsp3) is 0.250. The Balaban J connectivity index is 1.73. The summed E-state index contributed by atoms with van der Waals surface area (Å²) in [6, 6.07) is 7.68. The molecule has 3 heterocycles. The molecule has 23 heavy (non-hydrogen) atoms. The molecule has 118 valence electrons. The van der Waals surface area contributed by atoms with Crippen LogP contribution in [0, 0.1) is 13.8 Å². The minimum Gasteiger partial charge on any atom is -0.481 e. The Morgan fingerprint density at radius 2 is 2.00 bits per heavy atom. The van der Waals surface area contributed by atoms with Gasteiger partial charge in [0.2, 0.25) is 5.88 Å². The Hall–Kier alpha value is -2.96. The van der Waals surface area contributed by atoms with E-state index in [1.165, 1.54) is 6.33 Å². The van der Waals surface area contributed by atoms with Gasteiger partial charge in [0.25, 0.3) is 0 Å². The summed E-state index contributed by atoms with van der Waals surface area (Å²) in [6.07, 6.45) is 3.30. The van der Waals surface area contributed by atoms with E-state index in [4.69, 9.17) is 4.74 Å². The Labute approximate surface area is 134 Å². The van der Waals surface area contributed by atoms with Crippen LogP contribution in [0.25, 0.3) is 5.82 Å². The Kier molecular flexibility index (Phi) is 4.18. The SMILES string of the molecule is COc1ccc(CNc2cc(-n3nc(C)cc3C)ncn2)cn1. The van der Waals surface area contributed by atoms with Gasteiger partial charge in [-0.05, 0) is 25.5 Å². The number of rotatable bonds is 5. The lowest BCUT2D eigenvalue weighted by Crippen LogP contribution is -2.06. The third kappa shape index (κ3) is 3.45. The largest absolute Gasteiger partial charge is 0.481 e. The highest BCUT2D eigenvalue weighted by atomic mass is 16.5. The summed E-state index contributed by atoms with van der Waals surface area (Å²) in [7, 11) is 1.60. The molecule has 0 radical (unpaired) electrons. The summed E-state index contributed by atoms with van der Waals surface area (Å²) >= 11 is 0. The van der Waals surface area contributed by atoms with Gasteiger partial charge in [0.05, 0.1) is 12.8 Å². The molecule has 0 saturated heterocycles. The van der Waals surface area contributed by atoms with E-state index in [-0.39, 0.29) is 0 Å². The average molecular weight is 310 g/mol. The number of anilines is 1. The van der Waals surface area contributed by atoms with Crippen LogP contribution in [0.1, 0.15) is 17.0 Å². The van der Waals surface area contributed by atoms with Gasteiger partial charge in [-0.3, -0.25) is 0 Å². The van der Waals surface area contributed by atoms with Crippen molar-refractivity contribution >= 4 is 5.82 Å². The van der Waals surface area contributed by atoms with Crippen LogP contribution in [0.15, 0.2) is 36.8 Å². The van der Waals surface area contributed by atoms with E-state index in [1.807, 2.05) is 38.1 Å². The molecule has 7 nitrogen and oxygen atoms in total. The fourth-order valence-electron chi connectivity index (χ4n) is 2.25. The van der Waals surface area contributed by atoms with Crippen LogP contribution < -0.4 is 10.1 Å². The Morgan fingerprint density at radius 1 is 1.13 bits per heavy atom. The normalized spacial score (nSPS) is 10.6. The van der Waals surface area contributed by atoms with Crippen molar-refractivity contribution in [1.82, 2.24) is 24.7 Å². The minimum absolute atomic E-state index is 0.600. The molecule has 0 aliphatic heterocycles. The second kappa shape index (κ2) is 6.43. The molecule has 3 aromatic heterocycles. The first kappa shape index (κ1) is 15.0. The number of pyridine rings is 1. The van der Waals surface area contributed by atoms with Gasteiger partial charge in [-0.1, -0.05) is 6.07 Å². The zero-order chi connectivity index (χ0) is 16.2. The van der Waals surface area contributed by atoms with E-state index in [1.54, 1.807) is 18.0 Å². The number of hydrogen-bond donors (Lipinski definition) is 1. The average Bonchev–Trinajstić information content (AvgIpc) is 2.92. The van der Waals surface area contributed by atoms with Gasteiger partial charge in [0, 0.05) is 30.6 Å². The maximum atomic E-state index is 5.05. The van der Waals surface area contributed by atoms with Crippen LogP contribution in [0.2, 0.25) is 0 Å². The van der Waals surface area contributed by atoms with E-state index in [2.05, 4.69) is 25.4 Å². The first-order chi connectivity index (χ1) is 11.2. The number of aromatic nitrogens is 5. The van der Waals surface area contributed by atoms with Crippen LogP contribution in [0.5, 0.6) is 5.88 Å². The molecule has 1 N–H and O–H groups in total. The van der Waals surface area contributed by atoms with Crippen molar-refractivity contribution in [1.29, 1.82) is 0 Å². The van der Waals surface area contributed by atoms with Gasteiger partial charge in [0.1, 0.15) is 12.1 Å². The fourth-order valence-corrected chi connectivity index (χ4v) is 2.25. The second-order valence-corrected chi connectivity index (χ2v) is 5.16. The Morgan fingerprint density at radius 3 is 2.65 bits per heavy atom. The summed E-state index contributed by atoms with van der Waals surface area (Å²) < 4.78 is 6.85. The molecular weight excluding hydrogens is 292 g/mol. The highest BCUT2D eigenvalue weighted by Crippen LogP contribution is 2.13. The third-order valence-corrected chi connectivity index (χ3v) is 3.36. The van der Waals surface area contributed by atoms with E-state index >= 15 is 0 Å². The molecule has 0 saturated carbocycles. The molecular formula is C16H18N6O. The van der Waals surface area contributed by atoms with Crippen LogP contribution in [-0.4, -0.2) is 31.8 Å². The molecule has 3 aromatic rings. The summed E-state index contributed by atoms with van der Waals surface area (Å²) in [5.41, 5.74) is 3.03. The molecule has 0 aliphatic rings. The lowest BCUT2D eigenvalue weighted by Gasteiger charge is -2.08. The maximum absolute atomic E-state index is 5.05. The topological polar surface area (TPSA) is 77.8 Å². The summed E-state index contributed by atoms with van der Waals surface area (Å²) in [6.45, 7) is 4.57.